The lowest BCUT2D eigenvalue weighted by Crippen LogP contribution is -2.37. The van der Waals surface area contributed by atoms with Gasteiger partial charge in [0.1, 0.15) is 17.8 Å². The number of hydrogen-bond donors (Lipinski definition) is 2. The third kappa shape index (κ3) is 5.61. The number of nitrogens with two attached hydrogens (primary N) is 1. The van der Waals surface area contributed by atoms with Crippen LogP contribution < -0.4 is 16.0 Å². The number of carbonyl (C=O) groups excluding carboxylic acids is 1. The van der Waals surface area contributed by atoms with Crippen LogP contribution in [0.25, 0.3) is 11.1 Å². The first kappa shape index (κ1) is 25.9. The molecule has 0 radical (unpaired) electrons. The first-order valence-electron chi connectivity index (χ1n) is 11.3. The van der Waals surface area contributed by atoms with Crippen LogP contribution in [0.3, 0.4) is 0 Å². The minimum absolute atomic E-state index is 0.0345. The molecular weight excluding hydrogens is 495 g/mol. The van der Waals surface area contributed by atoms with E-state index in [1.807, 2.05) is 4.90 Å². The number of alkyl halides is 3. The fourth-order valence-electron chi connectivity index (χ4n) is 4.05. The second kappa shape index (κ2) is 10.8. The number of nitrogens with zero attached hydrogens (tertiary/aromatic N) is 3. The van der Waals surface area contributed by atoms with Crippen LogP contribution >= 0.6 is 11.6 Å². The highest BCUT2D eigenvalue weighted by atomic mass is 35.5. The van der Waals surface area contributed by atoms with Crippen molar-refractivity contribution in [1.29, 1.82) is 0 Å². The third-order valence-electron chi connectivity index (χ3n) is 6.02. The van der Waals surface area contributed by atoms with Gasteiger partial charge in [-0.05, 0) is 29.7 Å². The summed E-state index contributed by atoms with van der Waals surface area (Å²) < 4.78 is 45.5. The van der Waals surface area contributed by atoms with E-state index in [1.54, 1.807) is 37.3 Å². The monoisotopic (exact) mass is 519 g/mol. The molecule has 1 fully saturated rings. The van der Waals surface area contributed by atoms with Crippen LogP contribution in [0.1, 0.15) is 40.1 Å². The highest BCUT2D eigenvalue weighted by molar-refractivity contribution is 6.34. The van der Waals surface area contributed by atoms with Gasteiger partial charge < -0.3 is 20.7 Å². The zero-order valence-corrected chi connectivity index (χ0v) is 20.2. The van der Waals surface area contributed by atoms with Crippen molar-refractivity contribution in [2.75, 3.05) is 31.2 Å². The van der Waals surface area contributed by atoms with Gasteiger partial charge in [-0.25, -0.2) is 9.97 Å². The number of aromatic nitrogens is 2. The van der Waals surface area contributed by atoms with Gasteiger partial charge in [-0.1, -0.05) is 41.9 Å². The molecule has 1 aliphatic heterocycles. The van der Waals surface area contributed by atoms with E-state index in [0.717, 1.165) is 11.6 Å². The summed E-state index contributed by atoms with van der Waals surface area (Å²) in [7, 11) is 0. The van der Waals surface area contributed by atoms with E-state index < -0.39 is 11.7 Å². The van der Waals surface area contributed by atoms with Crippen molar-refractivity contribution in [2.24, 2.45) is 5.73 Å². The molecule has 2 aromatic carbocycles. The number of anilines is 1. The number of benzene rings is 2. The maximum Gasteiger partial charge on any atom is 0.417 e. The maximum atomic E-state index is 13.4. The van der Waals surface area contributed by atoms with Gasteiger partial charge in [0, 0.05) is 31.3 Å². The number of carbonyl (C=O) groups is 1. The van der Waals surface area contributed by atoms with Crippen molar-refractivity contribution in [1.82, 2.24) is 15.3 Å². The van der Waals surface area contributed by atoms with Crippen LogP contribution in [0.5, 0.6) is 0 Å². The fourth-order valence-corrected chi connectivity index (χ4v) is 4.45. The highest BCUT2D eigenvalue weighted by Crippen LogP contribution is 2.41. The molecule has 1 aromatic heterocycles. The van der Waals surface area contributed by atoms with E-state index in [9.17, 15) is 18.0 Å². The smallest absolute Gasteiger partial charge is 0.378 e. The molecule has 36 heavy (non-hydrogen) atoms. The number of rotatable bonds is 6. The van der Waals surface area contributed by atoms with Crippen molar-refractivity contribution < 1.29 is 22.7 Å². The van der Waals surface area contributed by atoms with Crippen LogP contribution in [0.15, 0.2) is 48.8 Å². The van der Waals surface area contributed by atoms with Gasteiger partial charge in [-0.15, -0.1) is 0 Å². The van der Waals surface area contributed by atoms with Gasteiger partial charge in [0.2, 0.25) is 0 Å². The van der Waals surface area contributed by atoms with Crippen LogP contribution in [0.2, 0.25) is 5.02 Å². The van der Waals surface area contributed by atoms with Crippen molar-refractivity contribution in [3.8, 4) is 11.1 Å². The van der Waals surface area contributed by atoms with Crippen molar-refractivity contribution in [3.05, 3.63) is 76.2 Å². The van der Waals surface area contributed by atoms with E-state index in [4.69, 9.17) is 22.1 Å². The molecule has 11 heteroatoms. The normalized spacial score (nSPS) is 15.0. The Morgan fingerprint density at radius 2 is 1.86 bits per heavy atom. The summed E-state index contributed by atoms with van der Waals surface area (Å²) in [6.45, 7) is 4.39. The van der Waals surface area contributed by atoms with E-state index in [-0.39, 0.29) is 34.8 Å². The molecule has 7 nitrogen and oxygen atoms in total. The number of halogens is 4. The molecule has 1 saturated heterocycles. The minimum atomic E-state index is -4.58. The number of amides is 1. The molecule has 0 saturated carbocycles. The molecule has 1 atom stereocenters. The van der Waals surface area contributed by atoms with E-state index in [1.165, 1.54) is 12.4 Å². The lowest BCUT2D eigenvalue weighted by atomic mass is 9.95. The second-order valence-corrected chi connectivity index (χ2v) is 8.72. The minimum Gasteiger partial charge on any atom is -0.378 e. The SMILES string of the molecule is C[C@@H](NC(=O)c1cc(N2CCOCC2)ncn1)c1ccc(-c2c(CN)ccc(C(F)(F)F)c2Cl)cc1. The summed E-state index contributed by atoms with van der Waals surface area (Å²) >= 11 is 6.16. The van der Waals surface area contributed by atoms with Crippen LogP contribution in [-0.4, -0.2) is 42.2 Å². The zero-order valence-electron chi connectivity index (χ0n) is 19.5. The molecular formula is C25H25ClF3N5O2. The van der Waals surface area contributed by atoms with Gasteiger partial charge in [0.05, 0.1) is 29.8 Å². The quantitative estimate of drug-likeness (QED) is 0.494. The summed E-state index contributed by atoms with van der Waals surface area (Å²) in [5.41, 5.74) is 7.08. The first-order valence-corrected chi connectivity index (χ1v) is 11.7. The molecule has 1 amide bonds. The predicted molar refractivity (Wildman–Crippen MR) is 131 cm³/mol. The molecule has 3 N–H and O–H groups in total. The Morgan fingerprint density at radius 3 is 2.50 bits per heavy atom. The van der Waals surface area contributed by atoms with E-state index >= 15 is 0 Å². The van der Waals surface area contributed by atoms with Crippen molar-refractivity contribution >= 4 is 23.3 Å². The lowest BCUT2D eigenvalue weighted by molar-refractivity contribution is -0.137. The molecule has 2 heterocycles. The van der Waals surface area contributed by atoms with Crippen LogP contribution in [0.4, 0.5) is 19.0 Å². The molecule has 190 valence electrons. The van der Waals surface area contributed by atoms with Gasteiger partial charge in [0.25, 0.3) is 5.91 Å². The van der Waals surface area contributed by atoms with Crippen molar-refractivity contribution in [2.45, 2.75) is 25.7 Å². The topological polar surface area (TPSA) is 93.4 Å². The third-order valence-corrected chi connectivity index (χ3v) is 6.41. The van der Waals surface area contributed by atoms with Gasteiger partial charge in [0.15, 0.2) is 0 Å². The summed E-state index contributed by atoms with van der Waals surface area (Å²) in [4.78, 5) is 23.2. The average Bonchev–Trinajstić information content (AvgIpc) is 2.88. The largest absolute Gasteiger partial charge is 0.417 e. The molecule has 0 aliphatic carbocycles. The van der Waals surface area contributed by atoms with E-state index in [2.05, 4.69) is 15.3 Å². The number of ether oxygens (including phenoxy) is 1. The second-order valence-electron chi connectivity index (χ2n) is 8.34. The Labute approximate surface area is 211 Å². The molecule has 0 unspecified atom stereocenters. The zero-order chi connectivity index (χ0) is 25.9. The fraction of sp³-hybridized carbons (Fsp3) is 0.320. The first-order chi connectivity index (χ1) is 17.2. The number of hydrogen-bond acceptors (Lipinski definition) is 6. The summed E-state index contributed by atoms with van der Waals surface area (Å²) in [6, 6.07) is 10.3. The van der Waals surface area contributed by atoms with E-state index in [0.29, 0.717) is 43.2 Å². The number of nitrogens with one attached hydrogen (secondary N) is 1. The molecule has 0 spiro atoms. The standard InChI is InChI=1S/C25H25ClF3N5O2/c1-15(33-24(35)20-12-21(32-14-31-20)34-8-10-36-11-9-34)16-2-4-17(5-3-16)22-18(13-30)6-7-19(23(22)26)25(27,28)29/h2-7,12,14-15H,8-11,13,30H2,1H3,(H,33,35)/t15-/m1/s1. The Kier molecular flexibility index (Phi) is 7.77. The Bertz CT molecular complexity index is 1230. The van der Waals surface area contributed by atoms with Gasteiger partial charge in [-0.3, -0.25) is 4.79 Å². The van der Waals surface area contributed by atoms with Gasteiger partial charge >= 0.3 is 6.18 Å². The molecule has 1 aliphatic rings. The molecule has 0 bridgehead atoms. The van der Waals surface area contributed by atoms with Crippen LogP contribution in [0, 0.1) is 0 Å². The van der Waals surface area contributed by atoms with Crippen LogP contribution in [-0.2, 0) is 17.5 Å². The summed E-state index contributed by atoms with van der Waals surface area (Å²) in [5, 5.41) is 2.51. The molecule has 3 aromatic rings. The molecule has 4 rings (SSSR count). The summed E-state index contributed by atoms with van der Waals surface area (Å²) in [5.74, 6) is 0.291. The Morgan fingerprint density at radius 1 is 1.17 bits per heavy atom. The Balaban J connectivity index is 1.51. The average molecular weight is 520 g/mol. The number of morpholine rings is 1. The van der Waals surface area contributed by atoms with Gasteiger partial charge in [-0.2, -0.15) is 13.2 Å². The maximum absolute atomic E-state index is 13.4. The summed E-state index contributed by atoms with van der Waals surface area (Å²) in [6.07, 6.45) is -3.23. The predicted octanol–water partition coefficient (Wildman–Crippen LogP) is 4.60. The highest BCUT2D eigenvalue weighted by Gasteiger charge is 2.34. The van der Waals surface area contributed by atoms with Crippen molar-refractivity contribution in [3.63, 3.8) is 0 Å². The Hall–Kier alpha value is -3.21. The lowest BCUT2D eigenvalue weighted by Gasteiger charge is -2.27.